The normalized spacial score (nSPS) is 15.4. The van der Waals surface area contributed by atoms with E-state index in [1.165, 1.54) is 7.11 Å². The molecule has 0 heterocycles. The van der Waals surface area contributed by atoms with Crippen LogP contribution in [-0.2, 0) is 14.3 Å². The van der Waals surface area contributed by atoms with Gasteiger partial charge in [-0.2, -0.15) is 0 Å². The number of esters is 1. The summed E-state index contributed by atoms with van der Waals surface area (Å²) in [7, 11) is 1.25. The second-order valence-electron chi connectivity index (χ2n) is 5.11. The van der Waals surface area contributed by atoms with E-state index >= 15 is 0 Å². The number of ketones is 1. The summed E-state index contributed by atoms with van der Waals surface area (Å²) in [5.74, 6) is -0.874. The quantitative estimate of drug-likeness (QED) is 0.730. The highest BCUT2D eigenvalue weighted by Gasteiger charge is 2.43. The first kappa shape index (κ1) is 15.1. The zero-order valence-electron chi connectivity index (χ0n) is 10.8. The van der Waals surface area contributed by atoms with E-state index in [1.807, 2.05) is 6.92 Å². The minimum atomic E-state index is -1.60. The molecule has 0 bridgehead atoms. The molecule has 0 aromatic heterocycles. The molecule has 0 amide bonds. The van der Waals surface area contributed by atoms with E-state index in [4.69, 9.17) is 0 Å². The Balaban J connectivity index is 4.95. The van der Waals surface area contributed by atoms with Crippen molar-refractivity contribution < 1.29 is 19.4 Å². The molecule has 0 aliphatic rings. The van der Waals surface area contributed by atoms with Gasteiger partial charge in [0.2, 0.25) is 0 Å². The molecule has 0 saturated carbocycles. The van der Waals surface area contributed by atoms with Gasteiger partial charge in [-0.3, -0.25) is 9.59 Å². The fourth-order valence-corrected chi connectivity index (χ4v) is 1.70. The number of hydrogen-bond donors (Lipinski definition) is 1. The summed E-state index contributed by atoms with van der Waals surface area (Å²) in [6.45, 7) is 7.05. The lowest BCUT2D eigenvalue weighted by Gasteiger charge is -2.31. The predicted molar refractivity (Wildman–Crippen MR) is 61.0 cm³/mol. The Hall–Kier alpha value is -0.900. The maximum Gasteiger partial charge on any atom is 0.308 e. The van der Waals surface area contributed by atoms with Crippen LogP contribution >= 0.6 is 0 Å². The first-order valence-corrected chi connectivity index (χ1v) is 5.51. The van der Waals surface area contributed by atoms with Gasteiger partial charge in [0.15, 0.2) is 5.78 Å². The highest BCUT2D eigenvalue weighted by molar-refractivity contribution is 5.94. The molecule has 0 unspecified atom stereocenters. The Morgan fingerprint density at radius 1 is 1.25 bits per heavy atom. The van der Waals surface area contributed by atoms with Crippen molar-refractivity contribution in [1.29, 1.82) is 0 Å². The number of hydrogen-bond acceptors (Lipinski definition) is 4. The first-order valence-electron chi connectivity index (χ1n) is 5.51. The zero-order valence-corrected chi connectivity index (χ0v) is 10.8. The number of rotatable bonds is 5. The van der Waals surface area contributed by atoms with Crippen LogP contribution in [0.3, 0.4) is 0 Å². The van der Waals surface area contributed by atoms with Crippen LogP contribution in [-0.4, -0.2) is 29.6 Å². The van der Waals surface area contributed by atoms with Crippen molar-refractivity contribution in [2.45, 2.75) is 52.6 Å². The highest BCUT2D eigenvalue weighted by Crippen LogP contribution is 2.29. The minimum absolute atomic E-state index is 0.270. The number of methoxy groups -OCH3 is 1. The summed E-state index contributed by atoms with van der Waals surface area (Å²) in [5.41, 5.74) is -2.27. The Bertz CT molecular complexity index is 265. The van der Waals surface area contributed by atoms with Gasteiger partial charge in [0.05, 0.1) is 13.5 Å². The number of carbonyl (C=O) groups excluding carboxylic acids is 2. The maximum absolute atomic E-state index is 12.1. The predicted octanol–water partition coefficient (Wildman–Crippen LogP) is 1.70. The summed E-state index contributed by atoms with van der Waals surface area (Å²) in [6, 6.07) is 0. The lowest BCUT2D eigenvalue weighted by atomic mass is 9.76. The Kier molecular flexibility index (Phi) is 5.13. The second kappa shape index (κ2) is 5.43. The second-order valence-corrected chi connectivity index (χ2v) is 5.11. The van der Waals surface area contributed by atoms with Crippen LogP contribution in [0.1, 0.15) is 47.0 Å². The van der Waals surface area contributed by atoms with Crippen LogP contribution in [0.4, 0.5) is 0 Å². The first-order chi connectivity index (χ1) is 7.17. The molecule has 1 N–H and O–H groups in total. The van der Waals surface area contributed by atoms with Crippen LogP contribution in [0.2, 0.25) is 0 Å². The van der Waals surface area contributed by atoms with E-state index in [0.29, 0.717) is 6.42 Å². The van der Waals surface area contributed by atoms with E-state index in [-0.39, 0.29) is 18.6 Å². The molecule has 4 heteroatoms. The average molecular weight is 230 g/mol. The molecule has 0 aliphatic heterocycles. The minimum Gasteiger partial charge on any atom is -0.469 e. The number of ether oxygens (including phenoxy) is 1. The largest absolute Gasteiger partial charge is 0.469 e. The van der Waals surface area contributed by atoms with Crippen LogP contribution in [0.15, 0.2) is 0 Å². The molecule has 0 radical (unpaired) electrons. The van der Waals surface area contributed by atoms with Crippen LogP contribution < -0.4 is 0 Å². The Morgan fingerprint density at radius 3 is 2.06 bits per heavy atom. The molecule has 0 aliphatic carbocycles. The molecule has 0 aromatic carbocycles. The van der Waals surface area contributed by atoms with Gasteiger partial charge in [-0.25, -0.2) is 0 Å². The molecular weight excluding hydrogens is 208 g/mol. The average Bonchev–Trinajstić information content (AvgIpc) is 2.15. The lowest BCUT2D eigenvalue weighted by molar-refractivity contribution is -0.158. The van der Waals surface area contributed by atoms with Gasteiger partial charge in [-0.1, -0.05) is 34.1 Å². The van der Waals surface area contributed by atoms with Gasteiger partial charge in [0, 0.05) is 5.41 Å². The van der Waals surface area contributed by atoms with Crippen LogP contribution in [0.5, 0.6) is 0 Å². The third-order valence-electron chi connectivity index (χ3n) is 2.43. The van der Waals surface area contributed by atoms with Crippen molar-refractivity contribution in [3.63, 3.8) is 0 Å². The third kappa shape index (κ3) is 3.93. The molecule has 4 nitrogen and oxygen atoms in total. The molecule has 0 spiro atoms. The van der Waals surface area contributed by atoms with E-state index < -0.39 is 17.0 Å². The van der Waals surface area contributed by atoms with Crippen molar-refractivity contribution in [2.75, 3.05) is 7.11 Å². The third-order valence-corrected chi connectivity index (χ3v) is 2.43. The summed E-state index contributed by atoms with van der Waals surface area (Å²) in [4.78, 5) is 23.3. The molecule has 94 valence electrons. The molecule has 0 fully saturated rings. The molecule has 0 saturated heterocycles. The van der Waals surface area contributed by atoms with Crippen molar-refractivity contribution >= 4 is 11.8 Å². The van der Waals surface area contributed by atoms with Gasteiger partial charge >= 0.3 is 5.97 Å². The number of aliphatic hydroxyl groups is 1. The number of Topliss-reactive ketones (excluding diaryl/α,β-unsaturated/α-hetero) is 1. The standard InChI is InChI=1S/C12H22O4/c1-6-7-12(15,8-9(13)16-5)10(14)11(2,3)4/h15H,6-8H2,1-5H3/t12-/m1/s1. The summed E-state index contributed by atoms with van der Waals surface area (Å²) in [5, 5.41) is 10.3. The molecule has 0 rings (SSSR count). The summed E-state index contributed by atoms with van der Waals surface area (Å²) < 4.78 is 4.50. The number of carbonyl (C=O) groups is 2. The van der Waals surface area contributed by atoms with E-state index in [0.717, 1.165) is 0 Å². The van der Waals surface area contributed by atoms with Crippen molar-refractivity contribution in [2.24, 2.45) is 5.41 Å². The molecular formula is C12H22O4. The van der Waals surface area contributed by atoms with Crippen molar-refractivity contribution in [3.8, 4) is 0 Å². The lowest BCUT2D eigenvalue weighted by Crippen LogP contribution is -2.47. The van der Waals surface area contributed by atoms with E-state index in [1.54, 1.807) is 20.8 Å². The fraction of sp³-hybridized carbons (Fsp3) is 0.833. The summed E-state index contributed by atoms with van der Waals surface area (Å²) >= 11 is 0. The van der Waals surface area contributed by atoms with E-state index in [2.05, 4.69) is 4.74 Å². The van der Waals surface area contributed by atoms with Gasteiger partial charge in [-0.05, 0) is 6.42 Å². The van der Waals surface area contributed by atoms with Gasteiger partial charge in [0.1, 0.15) is 5.60 Å². The Labute approximate surface area is 97.0 Å². The Morgan fingerprint density at radius 2 is 1.75 bits per heavy atom. The van der Waals surface area contributed by atoms with Crippen molar-refractivity contribution in [3.05, 3.63) is 0 Å². The maximum atomic E-state index is 12.1. The van der Waals surface area contributed by atoms with Gasteiger partial charge in [0.25, 0.3) is 0 Å². The van der Waals surface area contributed by atoms with Gasteiger partial charge in [-0.15, -0.1) is 0 Å². The van der Waals surface area contributed by atoms with Crippen molar-refractivity contribution in [1.82, 2.24) is 0 Å². The van der Waals surface area contributed by atoms with Crippen LogP contribution in [0, 0.1) is 5.41 Å². The smallest absolute Gasteiger partial charge is 0.308 e. The molecule has 1 atom stereocenters. The van der Waals surface area contributed by atoms with Gasteiger partial charge < -0.3 is 9.84 Å². The topological polar surface area (TPSA) is 63.6 Å². The molecule has 0 aromatic rings. The highest BCUT2D eigenvalue weighted by atomic mass is 16.5. The SMILES string of the molecule is CCC[C@@](O)(CC(=O)OC)C(=O)C(C)(C)C. The monoisotopic (exact) mass is 230 g/mol. The van der Waals surface area contributed by atoms with E-state index in [9.17, 15) is 14.7 Å². The van der Waals surface area contributed by atoms with Crippen LogP contribution in [0.25, 0.3) is 0 Å². The fourth-order valence-electron chi connectivity index (χ4n) is 1.70. The molecule has 16 heavy (non-hydrogen) atoms. The summed E-state index contributed by atoms with van der Waals surface area (Å²) in [6.07, 6.45) is 0.640. The zero-order chi connectivity index (χ0) is 13.0.